The van der Waals surface area contributed by atoms with E-state index in [0.29, 0.717) is 21.5 Å². The molecule has 2 aromatic carbocycles. The van der Waals surface area contributed by atoms with Crippen molar-refractivity contribution in [2.45, 2.75) is 18.6 Å². The Kier molecular flexibility index (Phi) is 5.96. The van der Waals surface area contributed by atoms with E-state index in [1.54, 1.807) is 18.2 Å². The number of para-hydroxylation sites is 1. The van der Waals surface area contributed by atoms with Gasteiger partial charge < -0.3 is 10.1 Å². The van der Waals surface area contributed by atoms with Crippen molar-refractivity contribution in [1.29, 1.82) is 0 Å². The summed E-state index contributed by atoms with van der Waals surface area (Å²) in [7, 11) is 0. The molecule has 0 saturated carbocycles. The maximum Gasteiger partial charge on any atom is 0.260 e. The van der Waals surface area contributed by atoms with Crippen molar-refractivity contribution in [2.24, 2.45) is 4.99 Å². The summed E-state index contributed by atoms with van der Waals surface area (Å²) in [6.45, 7) is 2.04. The van der Waals surface area contributed by atoms with Gasteiger partial charge in [0, 0.05) is 17.1 Å². The second-order valence-electron chi connectivity index (χ2n) is 5.72. The topological polar surface area (TPSA) is 67.8 Å². The molecule has 26 heavy (non-hydrogen) atoms. The summed E-state index contributed by atoms with van der Waals surface area (Å²) >= 11 is 7.33. The molecule has 0 saturated heterocycles. The fraction of sp³-hybridized carbons (Fsp3) is 0.211. The first-order valence-corrected chi connectivity index (χ1v) is 9.29. The van der Waals surface area contributed by atoms with Crippen LogP contribution in [0.15, 0.2) is 53.5 Å². The number of nitrogens with zero attached hydrogens (tertiary/aromatic N) is 1. The number of aliphatic imine (C=N–C) groups is 1. The van der Waals surface area contributed by atoms with E-state index in [9.17, 15) is 9.59 Å². The van der Waals surface area contributed by atoms with E-state index in [0.717, 1.165) is 5.56 Å². The van der Waals surface area contributed by atoms with E-state index < -0.39 is 5.25 Å². The Labute approximate surface area is 160 Å². The number of ether oxygens (including phenoxy) is 1. The quantitative estimate of drug-likeness (QED) is 0.809. The normalized spacial score (nSPS) is 16.3. The zero-order chi connectivity index (χ0) is 18.5. The first kappa shape index (κ1) is 18.5. The first-order chi connectivity index (χ1) is 12.5. The summed E-state index contributed by atoms with van der Waals surface area (Å²) in [4.78, 5) is 28.3. The van der Waals surface area contributed by atoms with Crippen molar-refractivity contribution >= 4 is 45.9 Å². The number of carbonyl (C=O) groups is 2. The van der Waals surface area contributed by atoms with Crippen LogP contribution in [0.3, 0.4) is 0 Å². The van der Waals surface area contributed by atoms with Crippen molar-refractivity contribution in [3.63, 3.8) is 0 Å². The molecule has 1 aliphatic rings. The predicted octanol–water partition coefficient (Wildman–Crippen LogP) is 4.10. The SMILES string of the molecule is Cc1c(Cl)cccc1NC(=O)C[C@@H]1SC(COc2ccccc2)=NC1=O. The lowest BCUT2D eigenvalue weighted by molar-refractivity contribution is -0.121. The molecule has 0 spiro atoms. The van der Waals surface area contributed by atoms with Crippen molar-refractivity contribution in [2.75, 3.05) is 11.9 Å². The minimum absolute atomic E-state index is 0.0494. The molecule has 3 rings (SSSR count). The Morgan fingerprint density at radius 3 is 2.77 bits per heavy atom. The van der Waals surface area contributed by atoms with Gasteiger partial charge in [-0.05, 0) is 36.8 Å². The number of hydrogen-bond acceptors (Lipinski definition) is 4. The fourth-order valence-electron chi connectivity index (χ4n) is 2.41. The summed E-state index contributed by atoms with van der Waals surface area (Å²) in [5.41, 5.74) is 1.44. The summed E-state index contributed by atoms with van der Waals surface area (Å²) in [6, 6.07) is 14.6. The molecule has 1 heterocycles. The van der Waals surface area contributed by atoms with Crippen LogP contribution < -0.4 is 10.1 Å². The minimum atomic E-state index is -0.524. The number of thioether (sulfide) groups is 1. The highest BCUT2D eigenvalue weighted by molar-refractivity contribution is 8.15. The smallest absolute Gasteiger partial charge is 0.260 e. The monoisotopic (exact) mass is 388 g/mol. The second kappa shape index (κ2) is 8.38. The third-order valence-electron chi connectivity index (χ3n) is 3.81. The van der Waals surface area contributed by atoms with Crippen molar-refractivity contribution in [3.8, 4) is 5.75 Å². The summed E-state index contributed by atoms with van der Waals surface area (Å²) in [5.74, 6) is 0.155. The van der Waals surface area contributed by atoms with Crippen molar-refractivity contribution in [3.05, 3.63) is 59.1 Å². The van der Waals surface area contributed by atoms with Gasteiger partial charge in [-0.3, -0.25) is 9.59 Å². The van der Waals surface area contributed by atoms with Crippen LogP contribution in [0.1, 0.15) is 12.0 Å². The van der Waals surface area contributed by atoms with Crippen molar-refractivity contribution < 1.29 is 14.3 Å². The van der Waals surface area contributed by atoms with Crippen LogP contribution in [0.2, 0.25) is 5.02 Å². The van der Waals surface area contributed by atoms with Crippen LogP contribution in [-0.2, 0) is 9.59 Å². The number of halogens is 1. The van der Waals surface area contributed by atoms with E-state index >= 15 is 0 Å². The Hall–Kier alpha value is -2.31. The van der Waals surface area contributed by atoms with Crippen LogP contribution in [-0.4, -0.2) is 28.7 Å². The van der Waals surface area contributed by atoms with Crippen LogP contribution >= 0.6 is 23.4 Å². The number of benzene rings is 2. The predicted molar refractivity (Wildman–Crippen MR) is 105 cm³/mol. The maximum atomic E-state index is 12.3. The van der Waals surface area contributed by atoms with Crippen LogP contribution in [0.25, 0.3) is 0 Å². The molecule has 0 fully saturated rings. The van der Waals surface area contributed by atoms with Crippen LogP contribution in [0, 0.1) is 6.92 Å². The molecule has 1 N–H and O–H groups in total. The van der Waals surface area contributed by atoms with Gasteiger partial charge in [-0.2, -0.15) is 0 Å². The first-order valence-electron chi connectivity index (χ1n) is 8.04. The van der Waals surface area contributed by atoms with Gasteiger partial charge in [-0.15, -0.1) is 0 Å². The highest BCUT2D eigenvalue weighted by Crippen LogP contribution is 2.27. The number of carbonyl (C=O) groups excluding carboxylic acids is 2. The molecule has 2 amide bonds. The van der Waals surface area contributed by atoms with E-state index in [2.05, 4.69) is 10.3 Å². The number of rotatable bonds is 6. The van der Waals surface area contributed by atoms with Crippen molar-refractivity contribution in [1.82, 2.24) is 0 Å². The average Bonchev–Trinajstić information content (AvgIpc) is 2.97. The molecule has 0 unspecified atom stereocenters. The Morgan fingerprint density at radius 2 is 2.00 bits per heavy atom. The molecule has 1 aliphatic heterocycles. The molecule has 2 aromatic rings. The molecule has 134 valence electrons. The van der Waals surface area contributed by atoms with Gasteiger partial charge >= 0.3 is 0 Å². The number of anilines is 1. The molecular weight excluding hydrogens is 372 g/mol. The van der Waals surface area contributed by atoms with Gasteiger partial charge in [0.25, 0.3) is 5.91 Å². The number of nitrogens with one attached hydrogen (secondary N) is 1. The van der Waals surface area contributed by atoms with Crippen LogP contribution in [0.4, 0.5) is 5.69 Å². The zero-order valence-electron chi connectivity index (χ0n) is 14.1. The summed E-state index contributed by atoms with van der Waals surface area (Å²) in [5, 5.41) is 3.44. The Balaban J connectivity index is 1.52. The molecule has 0 aromatic heterocycles. The van der Waals surface area contributed by atoms with Gasteiger partial charge in [-0.1, -0.05) is 47.6 Å². The lowest BCUT2D eigenvalue weighted by Gasteiger charge is -2.11. The van der Waals surface area contributed by atoms with Gasteiger partial charge in [0.1, 0.15) is 22.7 Å². The van der Waals surface area contributed by atoms with Gasteiger partial charge in [0.05, 0.1) is 0 Å². The number of hydrogen-bond donors (Lipinski definition) is 1. The third-order valence-corrected chi connectivity index (χ3v) is 5.35. The van der Waals surface area contributed by atoms with E-state index in [4.69, 9.17) is 16.3 Å². The standard InChI is InChI=1S/C19H17ClN2O3S/c1-12-14(20)8-5-9-15(12)21-17(23)10-16-19(24)22-18(26-16)11-25-13-6-3-2-4-7-13/h2-9,16H,10-11H2,1H3,(H,21,23)/t16-/m0/s1. The Morgan fingerprint density at radius 1 is 1.23 bits per heavy atom. The zero-order valence-corrected chi connectivity index (χ0v) is 15.6. The molecule has 0 aliphatic carbocycles. The number of amides is 2. The molecular formula is C19H17ClN2O3S. The van der Waals surface area contributed by atoms with Gasteiger partial charge in [0.15, 0.2) is 0 Å². The van der Waals surface area contributed by atoms with E-state index in [1.165, 1.54) is 11.8 Å². The largest absolute Gasteiger partial charge is 0.487 e. The fourth-order valence-corrected chi connectivity index (χ4v) is 3.57. The lowest BCUT2D eigenvalue weighted by atomic mass is 10.2. The lowest BCUT2D eigenvalue weighted by Crippen LogP contribution is -2.22. The third kappa shape index (κ3) is 4.65. The van der Waals surface area contributed by atoms with E-state index in [-0.39, 0.29) is 24.8 Å². The van der Waals surface area contributed by atoms with Gasteiger partial charge in [-0.25, -0.2) is 4.99 Å². The molecule has 1 atom stereocenters. The Bertz CT molecular complexity index is 855. The minimum Gasteiger partial charge on any atom is -0.487 e. The summed E-state index contributed by atoms with van der Waals surface area (Å²) < 4.78 is 5.60. The highest BCUT2D eigenvalue weighted by atomic mass is 35.5. The maximum absolute atomic E-state index is 12.3. The summed E-state index contributed by atoms with van der Waals surface area (Å²) in [6.07, 6.45) is 0.0494. The second-order valence-corrected chi connectivity index (χ2v) is 7.40. The highest BCUT2D eigenvalue weighted by Gasteiger charge is 2.30. The molecule has 7 heteroatoms. The van der Waals surface area contributed by atoms with E-state index in [1.807, 2.05) is 37.3 Å². The molecule has 0 bridgehead atoms. The average molecular weight is 389 g/mol. The van der Waals surface area contributed by atoms with Crippen LogP contribution in [0.5, 0.6) is 5.75 Å². The molecule has 5 nitrogen and oxygen atoms in total. The van der Waals surface area contributed by atoms with Gasteiger partial charge in [0.2, 0.25) is 5.91 Å². The molecule has 0 radical (unpaired) electrons.